The standard InChI is InChI=1S/C29H34F4N2O6/c1-27(2)40-24-16-28(26(36)34-35-10-12-37-13-11-35,39-18-20-7-3-4-9-22(20)30)15-23(25(24)41-27)38-17-19-6-5-8-21(14-19)29(31,32)33/h3-9,14,23-25H,10-13,15-18H2,1-2H3,(H,34,36)/t23?,24-,25+,28-/m1/s1. The smallest absolute Gasteiger partial charge is 0.379 e. The highest BCUT2D eigenvalue weighted by molar-refractivity contribution is 5.85. The quantitative estimate of drug-likeness (QED) is 0.464. The zero-order valence-corrected chi connectivity index (χ0v) is 22.9. The van der Waals surface area contributed by atoms with Crippen LogP contribution in [0.3, 0.4) is 0 Å². The molecule has 0 spiro atoms. The lowest BCUT2D eigenvalue weighted by atomic mass is 9.78. The Labute approximate surface area is 235 Å². The van der Waals surface area contributed by atoms with Crippen molar-refractivity contribution in [3.05, 3.63) is 71.0 Å². The molecule has 0 bridgehead atoms. The lowest BCUT2D eigenvalue weighted by Gasteiger charge is -2.44. The molecule has 4 atom stereocenters. The van der Waals surface area contributed by atoms with Crippen molar-refractivity contribution in [3.8, 4) is 0 Å². The van der Waals surface area contributed by atoms with Gasteiger partial charge in [-0.15, -0.1) is 0 Å². The average molecular weight is 583 g/mol. The number of rotatable bonds is 8. The lowest BCUT2D eigenvalue weighted by Crippen LogP contribution is -2.63. The highest BCUT2D eigenvalue weighted by Crippen LogP contribution is 2.44. The highest BCUT2D eigenvalue weighted by Gasteiger charge is 2.58. The molecule has 2 aromatic rings. The summed E-state index contributed by atoms with van der Waals surface area (Å²) >= 11 is 0. The lowest BCUT2D eigenvalue weighted by molar-refractivity contribution is -0.188. The van der Waals surface area contributed by atoms with E-state index >= 15 is 0 Å². The summed E-state index contributed by atoms with van der Waals surface area (Å²) < 4.78 is 84.5. The summed E-state index contributed by atoms with van der Waals surface area (Å²) in [5, 5.41) is 1.74. The van der Waals surface area contributed by atoms with Crippen molar-refractivity contribution in [1.82, 2.24) is 10.4 Å². The summed E-state index contributed by atoms with van der Waals surface area (Å²) in [7, 11) is 0. The number of amides is 1. The van der Waals surface area contributed by atoms with E-state index in [9.17, 15) is 22.4 Å². The molecule has 5 rings (SSSR count). The molecule has 8 nitrogen and oxygen atoms in total. The molecule has 1 N–H and O–H groups in total. The maximum atomic E-state index is 14.5. The minimum Gasteiger partial charge on any atom is -0.379 e. The summed E-state index contributed by atoms with van der Waals surface area (Å²) in [6.45, 7) is 4.98. The number of nitrogens with one attached hydrogen (secondary N) is 1. The second kappa shape index (κ2) is 11.9. The molecule has 3 fully saturated rings. The molecule has 224 valence electrons. The molecule has 0 radical (unpaired) electrons. The van der Waals surface area contributed by atoms with Crippen molar-refractivity contribution in [3.63, 3.8) is 0 Å². The molecule has 1 aliphatic carbocycles. The Morgan fingerprint density at radius 1 is 1.05 bits per heavy atom. The van der Waals surface area contributed by atoms with E-state index in [4.69, 9.17) is 23.7 Å². The molecule has 2 heterocycles. The van der Waals surface area contributed by atoms with Gasteiger partial charge in [0.25, 0.3) is 5.91 Å². The van der Waals surface area contributed by atoms with E-state index in [0.29, 0.717) is 31.9 Å². The fraction of sp³-hybridized carbons (Fsp3) is 0.552. The SMILES string of the molecule is CC1(C)O[C@@H]2C[C@@](OCc3ccccc3F)(C(=O)NN3CCOCC3)CC(OCc3cccc(C(F)(F)F)c3)[C@@H]2O1. The first-order chi connectivity index (χ1) is 19.4. The Morgan fingerprint density at radius 3 is 2.54 bits per heavy atom. The van der Waals surface area contributed by atoms with Crippen molar-refractivity contribution in [2.45, 2.75) is 75.8 Å². The normalized spacial score (nSPS) is 28.3. The molecule has 1 saturated carbocycles. The molecule has 2 saturated heterocycles. The predicted octanol–water partition coefficient (Wildman–Crippen LogP) is 4.36. The number of alkyl halides is 3. The Balaban J connectivity index is 1.42. The van der Waals surface area contributed by atoms with Gasteiger partial charge in [0, 0.05) is 31.5 Å². The molecule has 1 unspecified atom stereocenters. The zero-order chi connectivity index (χ0) is 29.3. The second-order valence-electron chi connectivity index (χ2n) is 11.0. The van der Waals surface area contributed by atoms with Gasteiger partial charge in [-0.25, -0.2) is 9.40 Å². The fourth-order valence-corrected chi connectivity index (χ4v) is 5.50. The van der Waals surface area contributed by atoms with Crippen LogP contribution in [0.5, 0.6) is 0 Å². The van der Waals surface area contributed by atoms with E-state index in [1.165, 1.54) is 12.1 Å². The average Bonchev–Trinajstić information content (AvgIpc) is 3.25. The van der Waals surface area contributed by atoms with Gasteiger partial charge in [0.1, 0.15) is 11.9 Å². The first-order valence-corrected chi connectivity index (χ1v) is 13.6. The number of morpholine rings is 1. The Bertz CT molecular complexity index is 1220. The van der Waals surface area contributed by atoms with Crippen LogP contribution in [0.15, 0.2) is 48.5 Å². The van der Waals surface area contributed by atoms with E-state index < -0.39 is 53.2 Å². The zero-order valence-electron chi connectivity index (χ0n) is 22.9. The number of carbonyl (C=O) groups is 1. The van der Waals surface area contributed by atoms with Crippen molar-refractivity contribution in [1.29, 1.82) is 0 Å². The molecular weight excluding hydrogens is 548 g/mol. The van der Waals surface area contributed by atoms with Crippen LogP contribution < -0.4 is 5.43 Å². The van der Waals surface area contributed by atoms with Crippen molar-refractivity contribution in [2.24, 2.45) is 0 Å². The summed E-state index contributed by atoms with van der Waals surface area (Å²) in [4.78, 5) is 13.9. The molecule has 41 heavy (non-hydrogen) atoms. The summed E-state index contributed by atoms with van der Waals surface area (Å²) in [5.74, 6) is -1.91. The summed E-state index contributed by atoms with van der Waals surface area (Å²) in [5.41, 5.74) is 1.22. The number of fused-ring (bicyclic) bond motifs is 1. The van der Waals surface area contributed by atoms with Crippen LogP contribution in [0, 0.1) is 5.82 Å². The van der Waals surface area contributed by atoms with Crippen molar-refractivity contribution < 1.29 is 46.0 Å². The maximum absolute atomic E-state index is 14.5. The van der Waals surface area contributed by atoms with Crippen LogP contribution in [0.4, 0.5) is 17.6 Å². The first kappa shape index (κ1) is 29.9. The predicted molar refractivity (Wildman–Crippen MR) is 138 cm³/mol. The second-order valence-corrected chi connectivity index (χ2v) is 11.0. The number of ether oxygens (including phenoxy) is 5. The number of carbonyl (C=O) groups excluding carboxylic acids is 1. The third-order valence-corrected chi connectivity index (χ3v) is 7.51. The number of benzene rings is 2. The van der Waals surface area contributed by atoms with E-state index in [2.05, 4.69) is 5.43 Å². The largest absolute Gasteiger partial charge is 0.416 e. The van der Waals surface area contributed by atoms with Gasteiger partial charge in [0.15, 0.2) is 11.4 Å². The summed E-state index contributed by atoms with van der Waals surface area (Å²) in [6, 6.07) is 11.0. The van der Waals surface area contributed by atoms with Gasteiger partial charge in [-0.2, -0.15) is 13.2 Å². The topological polar surface area (TPSA) is 78.5 Å². The van der Waals surface area contributed by atoms with E-state index in [0.717, 1.165) is 12.1 Å². The van der Waals surface area contributed by atoms with Gasteiger partial charge >= 0.3 is 6.18 Å². The van der Waals surface area contributed by atoms with Gasteiger partial charge in [0.05, 0.1) is 44.2 Å². The molecule has 1 amide bonds. The van der Waals surface area contributed by atoms with E-state index in [-0.39, 0.29) is 31.6 Å². The number of hydrogen-bond donors (Lipinski definition) is 1. The third-order valence-electron chi connectivity index (χ3n) is 7.51. The Kier molecular flexibility index (Phi) is 8.70. The minimum atomic E-state index is -4.49. The van der Waals surface area contributed by atoms with Crippen LogP contribution in [0.1, 0.15) is 43.4 Å². The van der Waals surface area contributed by atoms with Crippen molar-refractivity contribution in [2.75, 3.05) is 26.3 Å². The number of hydrazine groups is 1. The van der Waals surface area contributed by atoms with Crippen LogP contribution in [-0.2, 0) is 47.9 Å². The minimum absolute atomic E-state index is 0.0111. The van der Waals surface area contributed by atoms with Crippen LogP contribution >= 0.6 is 0 Å². The first-order valence-electron chi connectivity index (χ1n) is 13.6. The monoisotopic (exact) mass is 582 g/mol. The van der Waals surface area contributed by atoms with Crippen LogP contribution in [-0.4, -0.2) is 66.9 Å². The van der Waals surface area contributed by atoms with Gasteiger partial charge in [-0.3, -0.25) is 10.2 Å². The molecular formula is C29H34F4N2O6. The Morgan fingerprint density at radius 2 is 1.80 bits per heavy atom. The molecule has 0 aromatic heterocycles. The molecule has 2 aliphatic heterocycles. The highest BCUT2D eigenvalue weighted by atomic mass is 19.4. The van der Waals surface area contributed by atoms with Crippen LogP contribution in [0.2, 0.25) is 0 Å². The number of nitrogens with zero attached hydrogens (tertiary/aromatic N) is 1. The third kappa shape index (κ3) is 7.07. The molecule has 3 aliphatic rings. The van der Waals surface area contributed by atoms with Gasteiger partial charge in [0.2, 0.25) is 0 Å². The summed E-state index contributed by atoms with van der Waals surface area (Å²) in [6.07, 6.45) is -6.38. The van der Waals surface area contributed by atoms with Crippen molar-refractivity contribution >= 4 is 5.91 Å². The van der Waals surface area contributed by atoms with Crippen LogP contribution in [0.25, 0.3) is 0 Å². The van der Waals surface area contributed by atoms with Gasteiger partial charge in [-0.1, -0.05) is 30.3 Å². The number of halogens is 4. The van der Waals surface area contributed by atoms with E-state index in [1.54, 1.807) is 43.1 Å². The fourth-order valence-electron chi connectivity index (χ4n) is 5.50. The Hall–Kier alpha value is -2.61. The number of hydrogen-bond acceptors (Lipinski definition) is 7. The molecule has 2 aromatic carbocycles. The van der Waals surface area contributed by atoms with Gasteiger partial charge in [-0.05, 0) is 37.6 Å². The van der Waals surface area contributed by atoms with Gasteiger partial charge < -0.3 is 23.7 Å². The maximum Gasteiger partial charge on any atom is 0.416 e. The van der Waals surface area contributed by atoms with E-state index in [1.807, 2.05) is 0 Å². The molecule has 12 heteroatoms.